The van der Waals surface area contributed by atoms with Gasteiger partial charge in [0, 0.05) is 13.6 Å². The van der Waals surface area contributed by atoms with Crippen LogP contribution in [0.4, 0.5) is 0 Å². The lowest BCUT2D eigenvalue weighted by atomic mass is 10.7. The molecular formula is C5H12N4S2. The van der Waals surface area contributed by atoms with Gasteiger partial charge in [-0.2, -0.15) is 0 Å². The maximum atomic E-state index is 5.25. The van der Waals surface area contributed by atoms with Gasteiger partial charge in [-0.3, -0.25) is 10.4 Å². The first kappa shape index (κ1) is 10.4. The molecule has 0 rings (SSSR count). The van der Waals surface area contributed by atoms with Crippen LogP contribution in [0.25, 0.3) is 0 Å². The van der Waals surface area contributed by atoms with Crippen LogP contribution in [0.1, 0.15) is 6.92 Å². The SMILES string of the molecule is CCN(NC(N)=S)C(=S)NC. The second kappa shape index (κ2) is 5.09. The van der Waals surface area contributed by atoms with Crippen molar-refractivity contribution in [1.29, 1.82) is 0 Å². The summed E-state index contributed by atoms with van der Waals surface area (Å²) < 4.78 is 0. The highest BCUT2D eigenvalue weighted by atomic mass is 32.1. The lowest BCUT2D eigenvalue weighted by molar-refractivity contribution is 0.394. The van der Waals surface area contributed by atoms with Crippen molar-refractivity contribution in [3.63, 3.8) is 0 Å². The molecule has 6 heteroatoms. The van der Waals surface area contributed by atoms with Gasteiger partial charge in [-0.05, 0) is 31.4 Å². The van der Waals surface area contributed by atoms with E-state index in [2.05, 4.69) is 23.0 Å². The monoisotopic (exact) mass is 192 g/mol. The minimum absolute atomic E-state index is 0.212. The Morgan fingerprint density at radius 2 is 2.09 bits per heavy atom. The van der Waals surface area contributed by atoms with Crippen LogP contribution in [0.3, 0.4) is 0 Å². The van der Waals surface area contributed by atoms with Crippen molar-refractivity contribution in [3.05, 3.63) is 0 Å². The highest BCUT2D eigenvalue weighted by molar-refractivity contribution is 7.80. The maximum absolute atomic E-state index is 5.25. The number of thiocarbonyl (C=S) groups is 2. The molecule has 4 N–H and O–H groups in total. The minimum atomic E-state index is 0.212. The first-order valence-electron chi connectivity index (χ1n) is 3.17. The third-order valence-corrected chi connectivity index (χ3v) is 1.54. The number of hydrogen-bond donors (Lipinski definition) is 3. The topological polar surface area (TPSA) is 53.3 Å². The van der Waals surface area contributed by atoms with E-state index in [1.807, 2.05) is 6.92 Å². The summed E-state index contributed by atoms with van der Waals surface area (Å²) in [6.07, 6.45) is 0. The van der Waals surface area contributed by atoms with E-state index in [1.54, 1.807) is 12.1 Å². The van der Waals surface area contributed by atoms with Gasteiger partial charge >= 0.3 is 0 Å². The molecular weight excluding hydrogens is 180 g/mol. The second-order valence-electron chi connectivity index (χ2n) is 1.78. The molecule has 11 heavy (non-hydrogen) atoms. The molecule has 0 amide bonds. The van der Waals surface area contributed by atoms with E-state index in [1.165, 1.54) is 0 Å². The number of hydrazine groups is 1. The average molecular weight is 192 g/mol. The molecule has 0 atom stereocenters. The lowest BCUT2D eigenvalue weighted by Crippen LogP contribution is -2.51. The summed E-state index contributed by atoms with van der Waals surface area (Å²) in [6.45, 7) is 2.64. The van der Waals surface area contributed by atoms with Crippen LogP contribution < -0.4 is 16.5 Å². The minimum Gasteiger partial charge on any atom is -0.375 e. The molecule has 0 saturated carbocycles. The van der Waals surface area contributed by atoms with E-state index < -0.39 is 0 Å². The van der Waals surface area contributed by atoms with Gasteiger partial charge in [-0.15, -0.1) is 0 Å². The van der Waals surface area contributed by atoms with E-state index in [0.29, 0.717) is 11.7 Å². The summed E-state index contributed by atoms with van der Waals surface area (Å²) in [5.41, 5.74) is 7.97. The van der Waals surface area contributed by atoms with Crippen molar-refractivity contribution in [1.82, 2.24) is 15.8 Å². The Hall–Kier alpha value is -0.620. The molecule has 0 saturated heterocycles. The summed E-state index contributed by atoms with van der Waals surface area (Å²) in [7, 11) is 1.74. The molecule has 0 heterocycles. The first-order chi connectivity index (χ1) is 5.11. The Kier molecular flexibility index (Phi) is 4.80. The molecule has 0 aliphatic heterocycles. The number of rotatable bonds is 1. The van der Waals surface area contributed by atoms with Crippen LogP contribution in [-0.2, 0) is 0 Å². The molecule has 0 unspecified atom stereocenters. The summed E-state index contributed by atoms with van der Waals surface area (Å²) in [5, 5.41) is 5.23. The zero-order valence-electron chi connectivity index (χ0n) is 6.55. The number of nitrogens with two attached hydrogens (primary N) is 1. The fraction of sp³-hybridized carbons (Fsp3) is 0.600. The third-order valence-electron chi connectivity index (χ3n) is 1.02. The van der Waals surface area contributed by atoms with Gasteiger partial charge < -0.3 is 11.1 Å². The van der Waals surface area contributed by atoms with E-state index in [0.717, 1.165) is 0 Å². The summed E-state index contributed by atoms with van der Waals surface area (Å²) in [6, 6.07) is 0. The van der Waals surface area contributed by atoms with Crippen molar-refractivity contribution in [2.24, 2.45) is 5.73 Å². The quantitative estimate of drug-likeness (QED) is 0.387. The molecule has 0 aromatic carbocycles. The van der Waals surface area contributed by atoms with Crippen LogP contribution in [0.15, 0.2) is 0 Å². The Morgan fingerprint density at radius 3 is 2.36 bits per heavy atom. The Morgan fingerprint density at radius 1 is 1.55 bits per heavy atom. The Balaban J connectivity index is 3.94. The highest BCUT2D eigenvalue weighted by Crippen LogP contribution is 1.82. The fourth-order valence-corrected chi connectivity index (χ4v) is 0.826. The summed E-state index contributed by atoms with van der Waals surface area (Å²) >= 11 is 9.57. The van der Waals surface area contributed by atoms with Crippen LogP contribution in [0, 0.1) is 0 Å². The standard InChI is InChI=1S/C5H12N4S2/c1-3-9(5(11)7-2)8-4(6)10/h3H2,1-2H3,(H,7,11)(H3,6,8,10). The van der Waals surface area contributed by atoms with Gasteiger partial charge in [0.05, 0.1) is 0 Å². The van der Waals surface area contributed by atoms with E-state index >= 15 is 0 Å². The largest absolute Gasteiger partial charge is 0.375 e. The molecule has 0 aromatic rings. The van der Waals surface area contributed by atoms with Crippen LogP contribution in [0.2, 0.25) is 0 Å². The molecule has 4 nitrogen and oxygen atoms in total. The van der Waals surface area contributed by atoms with Crippen LogP contribution >= 0.6 is 24.4 Å². The first-order valence-corrected chi connectivity index (χ1v) is 3.98. The summed E-state index contributed by atoms with van der Waals surface area (Å²) in [5.74, 6) is 0. The van der Waals surface area contributed by atoms with Crippen LogP contribution in [0.5, 0.6) is 0 Å². The van der Waals surface area contributed by atoms with Gasteiger partial charge in [0.25, 0.3) is 0 Å². The van der Waals surface area contributed by atoms with Gasteiger partial charge in [0.2, 0.25) is 0 Å². The molecule has 0 fully saturated rings. The molecule has 0 radical (unpaired) electrons. The van der Waals surface area contributed by atoms with Crippen molar-refractivity contribution >= 4 is 34.7 Å². The van der Waals surface area contributed by atoms with Crippen molar-refractivity contribution in [3.8, 4) is 0 Å². The zero-order chi connectivity index (χ0) is 8.85. The third kappa shape index (κ3) is 3.94. The predicted octanol–water partition coefficient (Wildman–Crippen LogP) is -0.439. The maximum Gasteiger partial charge on any atom is 0.187 e. The molecule has 64 valence electrons. The van der Waals surface area contributed by atoms with Gasteiger partial charge in [0.1, 0.15) is 0 Å². The normalized spacial score (nSPS) is 8.55. The zero-order valence-corrected chi connectivity index (χ0v) is 8.18. The average Bonchev–Trinajstić information content (AvgIpc) is 1.98. The van der Waals surface area contributed by atoms with Crippen molar-refractivity contribution in [2.45, 2.75) is 6.92 Å². The van der Waals surface area contributed by atoms with E-state index in [-0.39, 0.29) is 5.11 Å². The highest BCUT2D eigenvalue weighted by Gasteiger charge is 2.03. The Bertz CT molecular complexity index is 159. The van der Waals surface area contributed by atoms with Crippen molar-refractivity contribution < 1.29 is 0 Å². The Labute approximate surface area is 77.1 Å². The molecule has 0 aromatic heterocycles. The second-order valence-corrected chi connectivity index (χ2v) is 2.60. The fourth-order valence-electron chi connectivity index (χ4n) is 0.541. The molecule has 0 bridgehead atoms. The summed E-state index contributed by atoms with van der Waals surface area (Å²) in [4.78, 5) is 0. The van der Waals surface area contributed by atoms with Gasteiger partial charge in [-0.1, -0.05) is 0 Å². The van der Waals surface area contributed by atoms with E-state index in [4.69, 9.17) is 18.0 Å². The number of nitrogens with zero attached hydrogens (tertiary/aromatic N) is 1. The van der Waals surface area contributed by atoms with Crippen molar-refractivity contribution in [2.75, 3.05) is 13.6 Å². The molecule has 0 aliphatic rings. The molecule has 0 spiro atoms. The van der Waals surface area contributed by atoms with Gasteiger partial charge in [0.15, 0.2) is 10.2 Å². The van der Waals surface area contributed by atoms with E-state index in [9.17, 15) is 0 Å². The predicted molar refractivity (Wildman–Crippen MR) is 54.0 cm³/mol. The molecule has 0 aliphatic carbocycles. The van der Waals surface area contributed by atoms with Gasteiger partial charge in [-0.25, -0.2) is 0 Å². The van der Waals surface area contributed by atoms with Crippen LogP contribution in [-0.4, -0.2) is 28.8 Å². The number of hydrogen-bond acceptors (Lipinski definition) is 2. The lowest BCUT2D eigenvalue weighted by Gasteiger charge is -2.23. The number of nitrogens with one attached hydrogen (secondary N) is 2. The smallest absolute Gasteiger partial charge is 0.187 e.